The summed E-state index contributed by atoms with van der Waals surface area (Å²) in [6.45, 7) is -0.0575. The summed E-state index contributed by atoms with van der Waals surface area (Å²) >= 11 is 7.09. The van der Waals surface area contributed by atoms with Gasteiger partial charge in [-0.05, 0) is 30.3 Å². The van der Waals surface area contributed by atoms with E-state index >= 15 is 0 Å². The van der Waals surface area contributed by atoms with Crippen LogP contribution in [-0.4, -0.2) is 21.0 Å². The number of aromatic nitrogens is 2. The summed E-state index contributed by atoms with van der Waals surface area (Å²) in [7, 11) is 0. The lowest BCUT2D eigenvalue weighted by Crippen LogP contribution is -2.24. The number of ether oxygens (including phenoxy) is 1. The largest absolute Gasteiger partial charge is 0.492 e. The first-order valence-corrected chi connectivity index (χ1v) is 11.0. The highest BCUT2D eigenvalue weighted by molar-refractivity contribution is 7.16. The molecule has 3 N–H and O–H groups in total. The van der Waals surface area contributed by atoms with Crippen LogP contribution in [0.4, 0.5) is 15.2 Å². The van der Waals surface area contributed by atoms with E-state index in [0.29, 0.717) is 27.3 Å². The van der Waals surface area contributed by atoms with Crippen molar-refractivity contribution >= 4 is 39.7 Å². The molecule has 0 aliphatic heterocycles. The van der Waals surface area contributed by atoms with Crippen LogP contribution < -0.4 is 15.4 Å². The maximum atomic E-state index is 13.8. The van der Waals surface area contributed by atoms with Crippen molar-refractivity contribution in [2.45, 2.75) is 13.0 Å². The highest BCUT2D eigenvalue weighted by Crippen LogP contribution is 2.31. The van der Waals surface area contributed by atoms with Crippen molar-refractivity contribution in [2.75, 3.05) is 5.32 Å². The first-order chi connectivity index (χ1) is 16.0. The Labute approximate surface area is 197 Å². The van der Waals surface area contributed by atoms with E-state index < -0.39 is 11.7 Å². The summed E-state index contributed by atoms with van der Waals surface area (Å²) < 4.78 is 19.5. The fourth-order valence-corrected chi connectivity index (χ4v) is 3.96. The fourth-order valence-electron chi connectivity index (χ4n) is 2.86. The summed E-state index contributed by atoms with van der Waals surface area (Å²) in [4.78, 5) is 20.9. The van der Waals surface area contributed by atoms with Crippen LogP contribution in [0.2, 0.25) is 5.02 Å². The summed E-state index contributed by atoms with van der Waals surface area (Å²) in [6, 6.07) is 17.1. The van der Waals surface area contributed by atoms with E-state index in [9.17, 15) is 14.3 Å². The van der Waals surface area contributed by atoms with Crippen LogP contribution in [-0.2, 0) is 17.8 Å². The van der Waals surface area contributed by atoms with Crippen molar-refractivity contribution in [1.29, 1.82) is 0 Å². The van der Waals surface area contributed by atoms with E-state index in [0.717, 1.165) is 11.3 Å². The molecule has 0 saturated heterocycles. The number of nitrogens with zero attached hydrogens (tertiary/aromatic N) is 2. The van der Waals surface area contributed by atoms with Gasteiger partial charge < -0.3 is 20.5 Å². The zero-order chi connectivity index (χ0) is 23.2. The molecule has 2 heterocycles. The molecule has 33 heavy (non-hydrogen) atoms. The summed E-state index contributed by atoms with van der Waals surface area (Å²) in [6.07, 6.45) is 1.46. The number of thiazole rings is 1. The van der Waals surface area contributed by atoms with Gasteiger partial charge in [-0.25, -0.2) is 9.37 Å². The third-order valence-electron chi connectivity index (χ3n) is 4.48. The molecule has 168 valence electrons. The van der Waals surface area contributed by atoms with Crippen molar-refractivity contribution in [1.82, 2.24) is 15.3 Å². The van der Waals surface area contributed by atoms with Crippen molar-refractivity contribution in [3.05, 3.63) is 88.1 Å². The lowest BCUT2D eigenvalue weighted by atomic mass is 10.2. The number of carbonyl (C=O) groups excluding carboxylic acids is 1. The second-order valence-corrected chi connectivity index (χ2v) is 8.34. The van der Waals surface area contributed by atoms with Gasteiger partial charge in [-0.2, -0.15) is 4.98 Å². The number of halogens is 2. The third-order valence-corrected chi connectivity index (χ3v) is 5.79. The fraction of sp³-hybridized carbons (Fsp3) is 0.0870. The average Bonchev–Trinajstić information content (AvgIpc) is 3.14. The minimum absolute atomic E-state index is 0.0575. The maximum absolute atomic E-state index is 13.8. The van der Waals surface area contributed by atoms with Gasteiger partial charge in [0.25, 0.3) is 0 Å². The number of pyridine rings is 1. The van der Waals surface area contributed by atoms with Gasteiger partial charge in [0.2, 0.25) is 17.7 Å². The number of anilines is 2. The molecule has 4 rings (SSSR count). The number of benzene rings is 2. The van der Waals surface area contributed by atoms with E-state index in [1.54, 1.807) is 24.4 Å². The Morgan fingerprint density at radius 2 is 1.94 bits per heavy atom. The standard InChI is InChI=1S/C23H18ClFN4O3S/c24-17-7-4-8-18(25)16(17)13-26-20(30)11-19-22(31)29-23(33-19)28-14-9-10-21(27-12-14)32-15-5-2-1-3-6-15/h1-10,12,31H,11,13H2,(H,26,30)(H,28,29). The van der Waals surface area contributed by atoms with Crippen LogP contribution >= 0.6 is 22.9 Å². The van der Waals surface area contributed by atoms with E-state index in [-0.39, 0.29) is 29.4 Å². The quantitative estimate of drug-likeness (QED) is 0.308. The van der Waals surface area contributed by atoms with Gasteiger partial charge in [-0.1, -0.05) is 47.2 Å². The van der Waals surface area contributed by atoms with Crippen molar-refractivity contribution < 1.29 is 19.0 Å². The highest BCUT2D eigenvalue weighted by atomic mass is 35.5. The predicted molar refractivity (Wildman–Crippen MR) is 125 cm³/mol. The third kappa shape index (κ3) is 5.97. The Morgan fingerprint density at radius 1 is 1.12 bits per heavy atom. The molecule has 0 saturated carbocycles. The first kappa shape index (κ1) is 22.5. The van der Waals surface area contributed by atoms with Crippen LogP contribution in [0.15, 0.2) is 66.9 Å². The van der Waals surface area contributed by atoms with E-state index in [4.69, 9.17) is 16.3 Å². The maximum Gasteiger partial charge on any atom is 0.227 e. The Bertz CT molecular complexity index is 1230. The molecule has 0 aliphatic carbocycles. The molecular weight excluding hydrogens is 467 g/mol. The van der Waals surface area contributed by atoms with Crippen LogP contribution in [0, 0.1) is 5.82 Å². The van der Waals surface area contributed by atoms with Crippen LogP contribution in [0.25, 0.3) is 0 Å². The molecule has 0 unspecified atom stereocenters. The lowest BCUT2D eigenvalue weighted by molar-refractivity contribution is -0.120. The number of hydrogen-bond donors (Lipinski definition) is 3. The minimum Gasteiger partial charge on any atom is -0.492 e. The summed E-state index contributed by atoms with van der Waals surface area (Å²) in [5, 5.41) is 16.4. The number of amides is 1. The Hall–Kier alpha value is -3.69. The molecule has 10 heteroatoms. The van der Waals surface area contributed by atoms with Crippen LogP contribution in [0.3, 0.4) is 0 Å². The Balaban J connectivity index is 1.33. The van der Waals surface area contributed by atoms with Crippen LogP contribution in [0.5, 0.6) is 17.5 Å². The highest BCUT2D eigenvalue weighted by Gasteiger charge is 2.15. The molecule has 4 aromatic rings. The van der Waals surface area contributed by atoms with Crippen molar-refractivity contribution in [3.63, 3.8) is 0 Å². The first-order valence-electron chi connectivity index (χ1n) is 9.82. The van der Waals surface area contributed by atoms with Gasteiger partial charge in [0.1, 0.15) is 11.6 Å². The number of carbonyl (C=O) groups is 1. The molecule has 2 aromatic heterocycles. The number of para-hydroxylation sites is 1. The number of hydrogen-bond acceptors (Lipinski definition) is 7. The molecule has 0 aliphatic rings. The van der Waals surface area contributed by atoms with Gasteiger partial charge in [0.05, 0.1) is 23.2 Å². The molecule has 0 atom stereocenters. The summed E-state index contributed by atoms with van der Waals surface area (Å²) in [5.74, 6) is -0.0389. The Morgan fingerprint density at radius 3 is 2.67 bits per heavy atom. The molecule has 0 radical (unpaired) electrons. The number of nitrogens with one attached hydrogen (secondary N) is 2. The molecule has 0 spiro atoms. The minimum atomic E-state index is -0.497. The monoisotopic (exact) mass is 484 g/mol. The zero-order valence-electron chi connectivity index (χ0n) is 17.1. The predicted octanol–water partition coefficient (Wildman–Crippen LogP) is 5.43. The van der Waals surface area contributed by atoms with E-state index in [1.807, 2.05) is 30.3 Å². The topological polar surface area (TPSA) is 96.4 Å². The molecular formula is C23H18ClFN4O3S. The summed E-state index contributed by atoms with van der Waals surface area (Å²) in [5.41, 5.74) is 0.838. The second kappa shape index (κ2) is 10.3. The van der Waals surface area contributed by atoms with Crippen molar-refractivity contribution in [3.8, 4) is 17.5 Å². The molecule has 0 bridgehead atoms. The van der Waals surface area contributed by atoms with E-state index in [2.05, 4.69) is 20.6 Å². The molecule has 0 fully saturated rings. The molecule has 1 amide bonds. The molecule has 2 aromatic carbocycles. The van der Waals surface area contributed by atoms with E-state index in [1.165, 1.54) is 12.1 Å². The van der Waals surface area contributed by atoms with Gasteiger partial charge >= 0.3 is 0 Å². The Kier molecular flexibility index (Phi) is 7.01. The number of aromatic hydroxyl groups is 1. The average molecular weight is 485 g/mol. The smallest absolute Gasteiger partial charge is 0.227 e. The lowest BCUT2D eigenvalue weighted by Gasteiger charge is -2.07. The van der Waals surface area contributed by atoms with Gasteiger partial charge in [0, 0.05) is 23.2 Å². The SMILES string of the molecule is O=C(Cc1sc(Nc2ccc(Oc3ccccc3)nc2)nc1O)NCc1c(F)cccc1Cl. The van der Waals surface area contributed by atoms with Gasteiger partial charge in [-0.15, -0.1) is 0 Å². The second-order valence-electron chi connectivity index (χ2n) is 6.84. The van der Waals surface area contributed by atoms with Gasteiger partial charge in [0.15, 0.2) is 5.13 Å². The number of rotatable bonds is 8. The molecule has 7 nitrogen and oxygen atoms in total. The van der Waals surface area contributed by atoms with Crippen molar-refractivity contribution in [2.24, 2.45) is 0 Å². The van der Waals surface area contributed by atoms with Gasteiger partial charge in [-0.3, -0.25) is 4.79 Å². The van der Waals surface area contributed by atoms with Crippen LogP contribution in [0.1, 0.15) is 10.4 Å². The normalized spacial score (nSPS) is 10.6. The zero-order valence-corrected chi connectivity index (χ0v) is 18.7.